The predicted octanol–water partition coefficient (Wildman–Crippen LogP) is 5.39. The van der Waals surface area contributed by atoms with E-state index in [2.05, 4.69) is 46.5 Å². The first-order valence-corrected chi connectivity index (χ1v) is 13.4. The van der Waals surface area contributed by atoms with Gasteiger partial charge in [-0.25, -0.2) is 15.1 Å². The molecule has 2 aromatic carbocycles. The first kappa shape index (κ1) is 24.1. The first-order chi connectivity index (χ1) is 17.5. The van der Waals surface area contributed by atoms with Gasteiger partial charge in [-0.3, -0.25) is 4.79 Å². The summed E-state index contributed by atoms with van der Waals surface area (Å²) in [5, 5.41) is 6.44. The summed E-state index contributed by atoms with van der Waals surface area (Å²) in [4.78, 5) is 31.7. The maximum absolute atomic E-state index is 13.7. The minimum absolute atomic E-state index is 0.0873. The lowest BCUT2D eigenvalue weighted by atomic mass is 9.68. The molecule has 0 radical (unpaired) electrons. The summed E-state index contributed by atoms with van der Waals surface area (Å²) in [6, 6.07) is 22.2. The van der Waals surface area contributed by atoms with Gasteiger partial charge in [-0.2, -0.15) is 0 Å². The minimum Gasteiger partial charge on any atom is -0.362 e. The van der Waals surface area contributed by atoms with Gasteiger partial charge in [0.05, 0.1) is 6.20 Å². The second kappa shape index (κ2) is 10.2. The zero-order valence-electron chi connectivity index (χ0n) is 20.5. The fourth-order valence-electron chi connectivity index (χ4n) is 5.35. The molecular formula is C30H30N3O2S+. The summed E-state index contributed by atoms with van der Waals surface area (Å²) < 4.78 is 0. The average Bonchev–Trinajstić information content (AvgIpc) is 2.89. The van der Waals surface area contributed by atoms with E-state index in [9.17, 15) is 9.59 Å². The van der Waals surface area contributed by atoms with Crippen molar-refractivity contribution in [3.63, 3.8) is 0 Å². The van der Waals surface area contributed by atoms with Gasteiger partial charge in [-0.15, -0.1) is 11.8 Å². The van der Waals surface area contributed by atoms with E-state index in [1.54, 1.807) is 18.0 Å². The van der Waals surface area contributed by atoms with Gasteiger partial charge in [0.15, 0.2) is 5.78 Å². The van der Waals surface area contributed by atoms with Gasteiger partial charge in [-0.1, -0.05) is 49.0 Å². The van der Waals surface area contributed by atoms with Gasteiger partial charge in [0.1, 0.15) is 5.92 Å². The van der Waals surface area contributed by atoms with E-state index >= 15 is 0 Å². The largest absolute Gasteiger partial charge is 0.362 e. The van der Waals surface area contributed by atoms with Crippen molar-refractivity contribution in [3.05, 3.63) is 113 Å². The quantitative estimate of drug-likeness (QED) is 0.465. The Labute approximate surface area is 216 Å². The molecule has 1 aliphatic heterocycles. The molecule has 0 saturated carbocycles. The monoisotopic (exact) mass is 496 g/mol. The second-order valence-corrected chi connectivity index (χ2v) is 10.3. The Kier molecular flexibility index (Phi) is 6.79. The van der Waals surface area contributed by atoms with Crippen LogP contribution < -0.4 is 15.6 Å². The molecule has 1 aliphatic carbocycles. The fraction of sp³-hybridized carbons (Fsp3) is 0.233. The van der Waals surface area contributed by atoms with E-state index in [1.807, 2.05) is 55.6 Å². The normalized spacial score (nSPS) is 21.6. The molecule has 36 heavy (non-hydrogen) atoms. The molecule has 5 nitrogen and oxygen atoms in total. The van der Waals surface area contributed by atoms with Gasteiger partial charge in [0.2, 0.25) is 0 Å². The Morgan fingerprint density at radius 3 is 2.47 bits per heavy atom. The summed E-state index contributed by atoms with van der Waals surface area (Å²) in [5.41, 5.74) is 5.24. The summed E-state index contributed by atoms with van der Waals surface area (Å²) in [5.74, 6) is -0.396. The Bertz CT molecular complexity index is 1350. The molecule has 3 unspecified atom stereocenters. The number of aryl methyl sites for hydroxylation is 1. The number of allylic oxidation sites excluding steroid dienone is 2. The number of anilines is 1. The third-order valence-corrected chi connectivity index (χ3v) is 7.92. The first-order valence-electron chi connectivity index (χ1n) is 12.2. The third kappa shape index (κ3) is 4.61. The number of hydrogen-bond acceptors (Lipinski definition) is 4. The highest BCUT2D eigenvalue weighted by Gasteiger charge is 2.46. The van der Waals surface area contributed by atoms with Gasteiger partial charge < -0.3 is 5.32 Å². The number of benzene rings is 2. The molecule has 182 valence electrons. The van der Waals surface area contributed by atoms with Crippen LogP contribution in [-0.4, -0.2) is 17.9 Å². The molecule has 2 heterocycles. The van der Waals surface area contributed by atoms with Crippen LogP contribution in [0.5, 0.6) is 0 Å². The van der Waals surface area contributed by atoms with Crippen molar-refractivity contribution in [2.45, 2.75) is 36.5 Å². The zero-order valence-corrected chi connectivity index (χ0v) is 21.3. The van der Waals surface area contributed by atoms with Crippen molar-refractivity contribution in [3.8, 4) is 0 Å². The van der Waals surface area contributed by atoms with Crippen molar-refractivity contribution in [1.29, 1.82) is 0 Å². The summed E-state index contributed by atoms with van der Waals surface area (Å²) in [6.45, 7) is 6.21. The Morgan fingerprint density at radius 1 is 1.03 bits per heavy atom. The predicted molar refractivity (Wildman–Crippen MR) is 144 cm³/mol. The number of carbonyl (C=O) groups is 2. The number of aromatic amines is 1. The van der Waals surface area contributed by atoms with Gasteiger partial charge >= 0.3 is 5.91 Å². The van der Waals surface area contributed by atoms with Crippen LogP contribution in [0.3, 0.4) is 0 Å². The summed E-state index contributed by atoms with van der Waals surface area (Å²) in [7, 11) is 0. The molecule has 1 aromatic heterocycles. The third-order valence-electron chi connectivity index (χ3n) is 7.18. The van der Waals surface area contributed by atoms with Crippen LogP contribution in [0.15, 0.2) is 101 Å². The number of thioether (sulfide) groups is 1. The molecule has 6 heteroatoms. The maximum atomic E-state index is 13.7. The molecule has 0 fully saturated rings. The van der Waals surface area contributed by atoms with Gasteiger partial charge in [0.25, 0.3) is 5.82 Å². The van der Waals surface area contributed by atoms with Gasteiger partial charge in [-0.05, 0) is 60.9 Å². The molecular weight excluding hydrogens is 466 g/mol. The highest BCUT2D eigenvalue weighted by molar-refractivity contribution is 7.98. The van der Waals surface area contributed by atoms with Crippen molar-refractivity contribution < 1.29 is 14.6 Å². The van der Waals surface area contributed by atoms with Crippen LogP contribution in [0.4, 0.5) is 5.82 Å². The van der Waals surface area contributed by atoms with Crippen molar-refractivity contribution in [2.75, 3.05) is 11.6 Å². The van der Waals surface area contributed by atoms with E-state index in [0.29, 0.717) is 29.9 Å². The maximum Gasteiger partial charge on any atom is 0.317 e. The lowest BCUT2D eigenvalue weighted by Gasteiger charge is -2.39. The summed E-state index contributed by atoms with van der Waals surface area (Å²) in [6.07, 6.45) is 4.95. The second-order valence-electron chi connectivity index (χ2n) is 9.43. The highest BCUT2D eigenvalue weighted by atomic mass is 32.2. The van der Waals surface area contributed by atoms with E-state index < -0.39 is 11.8 Å². The standard InChI is InChI=1S/C30H29N3O2S/c1-18-8-7-15-31-29(18)33-30(35)26-19(2)32-24-16-22(20-9-5-4-6-10-20)17-25(34)28(24)27(26)21-11-13-23(36-3)14-12-21/h4-15,22,26-27,32H,2,16-17H2,1,3H3,(H,31,33,35)/p+1. The number of hydrogen-bond donors (Lipinski definition) is 2. The highest BCUT2D eigenvalue weighted by Crippen LogP contribution is 2.47. The Morgan fingerprint density at radius 2 is 1.78 bits per heavy atom. The number of amides is 1. The van der Waals surface area contributed by atoms with E-state index in [1.165, 1.54) is 0 Å². The number of H-pyrrole nitrogens is 1. The van der Waals surface area contributed by atoms with E-state index in [4.69, 9.17) is 0 Å². The van der Waals surface area contributed by atoms with Crippen LogP contribution >= 0.6 is 11.8 Å². The van der Waals surface area contributed by atoms with Crippen LogP contribution in [0, 0.1) is 12.8 Å². The van der Waals surface area contributed by atoms with E-state index in [0.717, 1.165) is 27.3 Å². The molecule has 2 aliphatic rings. The average molecular weight is 497 g/mol. The van der Waals surface area contributed by atoms with Crippen molar-refractivity contribution >= 4 is 29.3 Å². The number of Topliss-reactive ketones (excluding diaryl/α,β-unsaturated/α-hetero) is 1. The molecule has 5 rings (SSSR count). The summed E-state index contributed by atoms with van der Waals surface area (Å²) >= 11 is 1.66. The number of pyridine rings is 1. The molecule has 0 spiro atoms. The molecule has 1 amide bonds. The molecule has 0 saturated heterocycles. The van der Waals surface area contributed by atoms with Crippen LogP contribution in [0.25, 0.3) is 0 Å². The zero-order chi connectivity index (χ0) is 25.2. The number of rotatable bonds is 5. The van der Waals surface area contributed by atoms with Crippen LogP contribution in [-0.2, 0) is 9.59 Å². The topological polar surface area (TPSA) is 72.3 Å². The number of ketones is 1. The van der Waals surface area contributed by atoms with Crippen molar-refractivity contribution in [1.82, 2.24) is 5.32 Å². The Balaban J connectivity index is 1.56. The fourth-order valence-corrected chi connectivity index (χ4v) is 5.76. The molecule has 3 aromatic rings. The van der Waals surface area contributed by atoms with Crippen LogP contribution in [0.1, 0.15) is 41.4 Å². The number of nitrogens with one attached hydrogen (secondary N) is 3. The lowest BCUT2D eigenvalue weighted by Crippen LogP contribution is -2.43. The molecule has 0 bridgehead atoms. The minimum atomic E-state index is -0.630. The Hall–Kier alpha value is -3.64. The molecule has 3 N–H and O–H groups in total. The number of aromatic nitrogens is 1. The molecule has 3 atom stereocenters. The SMILES string of the molecule is C=C1NC2=C(C(=O)CC(c3ccccc3)C2)C(c2ccc(SC)cc2)C1C(=O)Nc1[nH+]cccc1C. The van der Waals surface area contributed by atoms with Crippen LogP contribution in [0.2, 0.25) is 0 Å². The lowest BCUT2D eigenvalue weighted by molar-refractivity contribution is -0.361. The van der Waals surface area contributed by atoms with E-state index in [-0.39, 0.29) is 17.6 Å². The smallest absolute Gasteiger partial charge is 0.317 e. The van der Waals surface area contributed by atoms with Crippen molar-refractivity contribution in [2.24, 2.45) is 5.92 Å². The number of carbonyl (C=O) groups excluding carboxylic acids is 2. The van der Waals surface area contributed by atoms with Gasteiger partial charge in [0, 0.05) is 39.8 Å².